The Kier molecular flexibility index (Phi) is 6.72. The topological polar surface area (TPSA) is 76.4 Å². The van der Waals surface area contributed by atoms with Gasteiger partial charge < -0.3 is 18.9 Å². The van der Waals surface area contributed by atoms with Gasteiger partial charge in [0.15, 0.2) is 0 Å². The van der Waals surface area contributed by atoms with E-state index in [9.17, 15) is 9.59 Å². The molecule has 176 valence electrons. The van der Waals surface area contributed by atoms with Gasteiger partial charge in [-0.05, 0) is 43.2 Å². The van der Waals surface area contributed by atoms with Gasteiger partial charge in [0, 0.05) is 38.2 Å². The van der Waals surface area contributed by atoms with Gasteiger partial charge in [-0.25, -0.2) is 5.01 Å². The van der Waals surface area contributed by atoms with E-state index in [1.807, 2.05) is 48.1 Å². The molecule has 1 aromatic carbocycles. The monoisotopic (exact) mass is 452 g/mol. The van der Waals surface area contributed by atoms with Crippen molar-refractivity contribution < 1.29 is 19.1 Å². The van der Waals surface area contributed by atoms with Crippen molar-refractivity contribution >= 4 is 17.5 Å². The van der Waals surface area contributed by atoms with E-state index in [4.69, 9.17) is 14.6 Å². The second-order valence-electron chi connectivity index (χ2n) is 8.79. The van der Waals surface area contributed by atoms with Crippen LogP contribution in [0.3, 0.4) is 0 Å². The Morgan fingerprint density at radius 2 is 1.91 bits per heavy atom. The molecule has 0 radical (unpaired) electrons. The third-order valence-electron chi connectivity index (χ3n) is 6.65. The Morgan fingerprint density at radius 3 is 2.55 bits per heavy atom. The molecule has 1 saturated carbocycles. The quantitative estimate of drug-likeness (QED) is 0.646. The molecule has 2 aromatic rings. The molecule has 33 heavy (non-hydrogen) atoms. The maximum atomic E-state index is 13.5. The summed E-state index contributed by atoms with van der Waals surface area (Å²) in [7, 11) is 6.88. The summed E-state index contributed by atoms with van der Waals surface area (Å²) < 4.78 is 13.0. The maximum Gasteiger partial charge on any atom is 0.262 e. The van der Waals surface area contributed by atoms with Gasteiger partial charge in [-0.2, -0.15) is 5.10 Å². The Bertz CT molecular complexity index is 1050. The molecule has 8 heteroatoms. The largest absolute Gasteiger partial charge is 0.497 e. The predicted molar refractivity (Wildman–Crippen MR) is 125 cm³/mol. The number of nitrogens with zero attached hydrogens (tertiary/aromatic N) is 4. The number of likely N-dealkylation sites (N-methyl/N-ethyl adjacent to an activating group) is 1. The average molecular weight is 453 g/mol. The summed E-state index contributed by atoms with van der Waals surface area (Å²) in [6.07, 6.45) is 6.45. The summed E-state index contributed by atoms with van der Waals surface area (Å²) >= 11 is 0. The first kappa shape index (κ1) is 22.9. The van der Waals surface area contributed by atoms with Crippen LogP contribution in [0.5, 0.6) is 11.5 Å². The van der Waals surface area contributed by atoms with Crippen molar-refractivity contribution in [2.24, 2.45) is 18.1 Å². The minimum absolute atomic E-state index is 0.0119. The van der Waals surface area contributed by atoms with Crippen LogP contribution < -0.4 is 9.47 Å². The van der Waals surface area contributed by atoms with Crippen molar-refractivity contribution in [3.8, 4) is 11.5 Å². The van der Waals surface area contributed by atoms with Crippen LogP contribution in [-0.2, 0) is 16.6 Å². The van der Waals surface area contributed by atoms with Crippen LogP contribution in [0, 0.1) is 5.92 Å². The highest BCUT2D eigenvalue weighted by atomic mass is 16.5. The summed E-state index contributed by atoms with van der Waals surface area (Å²) in [6, 6.07) is 9.15. The number of ether oxygens (including phenoxy) is 2. The number of hydrazone groups is 1. The van der Waals surface area contributed by atoms with Gasteiger partial charge in [0.05, 0.1) is 31.7 Å². The van der Waals surface area contributed by atoms with Crippen LogP contribution in [0.15, 0.2) is 41.6 Å². The molecule has 0 saturated heterocycles. The molecule has 1 aromatic heterocycles. The number of methoxy groups -OCH3 is 2. The summed E-state index contributed by atoms with van der Waals surface area (Å²) in [5.74, 6) is 1.19. The van der Waals surface area contributed by atoms with Crippen molar-refractivity contribution in [2.45, 2.75) is 38.1 Å². The summed E-state index contributed by atoms with van der Waals surface area (Å²) in [6.45, 7) is -0.0119. The molecule has 1 fully saturated rings. The number of aryl methyl sites for hydroxylation is 1. The zero-order valence-corrected chi connectivity index (χ0v) is 19.8. The molecule has 0 unspecified atom stereocenters. The molecule has 1 aliphatic heterocycles. The van der Waals surface area contributed by atoms with Gasteiger partial charge in [0.1, 0.15) is 18.0 Å². The van der Waals surface area contributed by atoms with E-state index < -0.39 is 0 Å². The lowest BCUT2D eigenvalue weighted by Gasteiger charge is -2.27. The third kappa shape index (κ3) is 4.60. The Labute approximate surface area is 194 Å². The van der Waals surface area contributed by atoms with E-state index in [0.29, 0.717) is 17.9 Å². The van der Waals surface area contributed by atoms with E-state index >= 15 is 0 Å². The minimum atomic E-state index is -0.359. The number of rotatable bonds is 7. The summed E-state index contributed by atoms with van der Waals surface area (Å²) in [5.41, 5.74) is 2.59. The van der Waals surface area contributed by atoms with Crippen molar-refractivity contribution in [2.75, 3.05) is 27.8 Å². The second kappa shape index (κ2) is 9.68. The van der Waals surface area contributed by atoms with Crippen LogP contribution >= 0.6 is 0 Å². The van der Waals surface area contributed by atoms with E-state index in [2.05, 4.69) is 0 Å². The number of hydrogen-bond donors (Lipinski definition) is 0. The summed E-state index contributed by atoms with van der Waals surface area (Å²) in [4.78, 5) is 27.8. The van der Waals surface area contributed by atoms with Crippen LogP contribution in [0.25, 0.3) is 0 Å². The Morgan fingerprint density at radius 1 is 1.15 bits per heavy atom. The zero-order valence-electron chi connectivity index (χ0n) is 19.8. The van der Waals surface area contributed by atoms with Crippen molar-refractivity contribution in [3.63, 3.8) is 0 Å². The third-order valence-corrected chi connectivity index (χ3v) is 6.65. The fraction of sp³-hybridized carbons (Fsp3) is 0.480. The molecule has 2 aliphatic rings. The fourth-order valence-electron chi connectivity index (χ4n) is 4.84. The fourth-order valence-corrected chi connectivity index (χ4v) is 4.84. The van der Waals surface area contributed by atoms with E-state index in [1.165, 1.54) is 5.01 Å². The van der Waals surface area contributed by atoms with Crippen LogP contribution in [0.1, 0.15) is 49.4 Å². The normalized spacial score (nSPS) is 18.4. The van der Waals surface area contributed by atoms with Gasteiger partial charge >= 0.3 is 0 Å². The number of aromatic nitrogens is 1. The summed E-state index contributed by atoms with van der Waals surface area (Å²) in [5, 5.41) is 6.25. The highest BCUT2D eigenvalue weighted by Crippen LogP contribution is 2.39. The van der Waals surface area contributed by atoms with Crippen molar-refractivity contribution in [3.05, 3.63) is 47.8 Å². The Balaban J connectivity index is 1.64. The molecule has 0 N–H and O–H groups in total. The standard InChI is InChI=1S/C25H32N4O4/c1-27-13-7-10-21(27)20-15-22(19-14-18(32-3)11-12-23(19)33-4)29(26-20)24(30)16-28(2)25(31)17-8-5-6-9-17/h7,10-14,17,22H,5-6,8-9,15-16H2,1-4H3/t22-/m1/s1. The highest BCUT2D eigenvalue weighted by molar-refractivity contribution is 6.02. The molecule has 1 atom stereocenters. The van der Waals surface area contributed by atoms with E-state index in [-0.39, 0.29) is 30.3 Å². The molecule has 2 amide bonds. The van der Waals surface area contributed by atoms with E-state index in [0.717, 1.165) is 42.7 Å². The maximum absolute atomic E-state index is 13.5. The number of carbonyl (C=O) groups excluding carboxylic acids is 2. The van der Waals surface area contributed by atoms with Crippen LogP contribution in [-0.4, -0.2) is 59.8 Å². The SMILES string of the molecule is COc1ccc(OC)c([C@H]2CC(c3cccn3C)=NN2C(=O)CN(C)C(=O)C2CCCC2)c1. The van der Waals surface area contributed by atoms with Gasteiger partial charge in [0.25, 0.3) is 5.91 Å². The first-order valence-corrected chi connectivity index (χ1v) is 11.4. The number of amides is 2. The highest BCUT2D eigenvalue weighted by Gasteiger charge is 2.37. The van der Waals surface area contributed by atoms with Gasteiger partial charge in [-0.15, -0.1) is 0 Å². The van der Waals surface area contributed by atoms with Crippen molar-refractivity contribution in [1.29, 1.82) is 0 Å². The van der Waals surface area contributed by atoms with E-state index in [1.54, 1.807) is 26.2 Å². The first-order valence-electron chi connectivity index (χ1n) is 11.4. The number of benzene rings is 1. The molecule has 0 spiro atoms. The molecular weight excluding hydrogens is 420 g/mol. The molecular formula is C25H32N4O4. The lowest BCUT2D eigenvalue weighted by atomic mass is 9.99. The molecule has 2 heterocycles. The lowest BCUT2D eigenvalue weighted by molar-refractivity contribution is -0.142. The molecule has 0 bridgehead atoms. The van der Waals surface area contributed by atoms with Crippen molar-refractivity contribution in [1.82, 2.24) is 14.5 Å². The van der Waals surface area contributed by atoms with Crippen LogP contribution in [0.2, 0.25) is 0 Å². The van der Waals surface area contributed by atoms with Crippen LogP contribution in [0.4, 0.5) is 0 Å². The zero-order chi connectivity index (χ0) is 23.5. The smallest absolute Gasteiger partial charge is 0.262 e. The van der Waals surface area contributed by atoms with Gasteiger partial charge in [-0.3, -0.25) is 9.59 Å². The van der Waals surface area contributed by atoms with Gasteiger partial charge in [-0.1, -0.05) is 12.8 Å². The predicted octanol–water partition coefficient (Wildman–Crippen LogP) is 3.37. The molecule has 4 rings (SSSR count). The lowest BCUT2D eigenvalue weighted by Crippen LogP contribution is -2.41. The second-order valence-corrected chi connectivity index (χ2v) is 8.79. The Hall–Kier alpha value is -3.29. The molecule has 1 aliphatic carbocycles. The number of hydrogen-bond acceptors (Lipinski definition) is 5. The molecule has 8 nitrogen and oxygen atoms in total. The average Bonchev–Trinajstić information content (AvgIpc) is 3.58. The minimum Gasteiger partial charge on any atom is -0.497 e. The van der Waals surface area contributed by atoms with Gasteiger partial charge in [0.2, 0.25) is 5.91 Å². The first-order chi connectivity index (χ1) is 15.9. The number of carbonyl (C=O) groups is 2.